The van der Waals surface area contributed by atoms with Gasteiger partial charge < -0.3 is 15.7 Å². The molecule has 94 valence electrons. The van der Waals surface area contributed by atoms with Gasteiger partial charge in [-0.05, 0) is 13.3 Å². The summed E-state index contributed by atoms with van der Waals surface area (Å²) in [6, 6.07) is 0. The summed E-state index contributed by atoms with van der Waals surface area (Å²) in [4.78, 5) is 2.59. The molecule has 2 rings (SSSR count). The van der Waals surface area contributed by atoms with Crippen LogP contribution in [0.2, 0.25) is 0 Å². The minimum absolute atomic E-state index is 0.232. The minimum atomic E-state index is 0.232. The summed E-state index contributed by atoms with van der Waals surface area (Å²) < 4.78 is 1.82. The molecule has 0 saturated carbocycles. The van der Waals surface area contributed by atoms with Crippen molar-refractivity contribution < 1.29 is 5.11 Å². The monoisotopic (exact) mass is 254 g/mol. The largest absolute Gasteiger partial charge is 0.396 e. The van der Waals surface area contributed by atoms with Crippen molar-refractivity contribution in [3.63, 3.8) is 0 Å². The predicted molar refractivity (Wildman–Crippen MR) is 71.2 cm³/mol. The van der Waals surface area contributed by atoms with Gasteiger partial charge in [0.1, 0.15) is 10.8 Å². The van der Waals surface area contributed by atoms with Gasteiger partial charge in [-0.3, -0.25) is 4.68 Å². The topological polar surface area (TPSA) is 67.3 Å². The molecule has 0 bridgehead atoms. The van der Waals surface area contributed by atoms with Gasteiger partial charge in [-0.1, -0.05) is 12.2 Å². The molecule has 1 saturated heterocycles. The summed E-state index contributed by atoms with van der Waals surface area (Å²) in [6.45, 7) is 3.90. The molecule has 0 amide bonds. The molecule has 6 heteroatoms. The first-order chi connectivity index (χ1) is 8.04. The quantitative estimate of drug-likeness (QED) is 0.753. The van der Waals surface area contributed by atoms with E-state index in [0.29, 0.717) is 10.9 Å². The van der Waals surface area contributed by atoms with Crippen molar-refractivity contribution in [2.24, 2.45) is 18.7 Å². The molecule has 0 aromatic carbocycles. The Kier molecular flexibility index (Phi) is 3.35. The van der Waals surface area contributed by atoms with Gasteiger partial charge in [0.25, 0.3) is 0 Å². The Morgan fingerprint density at radius 3 is 2.88 bits per heavy atom. The lowest BCUT2D eigenvalue weighted by Crippen LogP contribution is -2.26. The van der Waals surface area contributed by atoms with Gasteiger partial charge in [0.05, 0.1) is 11.3 Å². The number of nitrogens with zero attached hydrogens (tertiary/aromatic N) is 3. The SMILES string of the molecule is Cc1nn(C)c(N2CCC(CO)C2)c1C(N)=S. The minimum Gasteiger partial charge on any atom is -0.396 e. The molecule has 5 nitrogen and oxygen atoms in total. The summed E-state index contributed by atoms with van der Waals surface area (Å²) in [7, 11) is 1.90. The molecule has 0 spiro atoms. The highest BCUT2D eigenvalue weighted by molar-refractivity contribution is 7.80. The molecule has 1 aromatic heterocycles. The second-order valence-electron chi connectivity index (χ2n) is 4.56. The third kappa shape index (κ3) is 2.14. The Balaban J connectivity index is 2.35. The van der Waals surface area contributed by atoms with Crippen LogP contribution in [-0.2, 0) is 7.05 Å². The first-order valence-electron chi connectivity index (χ1n) is 5.73. The number of rotatable bonds is 3. The van der Waals surface area contributed by atoms with E-state index in [-0.39, 0.29) is 6.61 Å². The summed E-state index contributed by atoms with van der Waals surface area (Å²) in [5, 5.41) is 13.6. The van der Waals surface area contributed by atoms with E-state index in [4.69, 9.17) is 18.0 Å². The lowest BCUT2D eigenvalue weighted by molar-refractivity contribution is 0.238. The van der Waals surface area contributed by atoms with Gasteiger partial charge in [-0.2, -0.15) is 5.10 Å². The van der Waals surface area contributed by atoms with E-state index >= 15 is 0 Å². The standard InChI is InChI=1S/C11H18N4OS/c1-7-9(10(12)17)11(14(2)13-7)15-4-3-8(5-15)6-16/h8,16H,3-6H2,1-2H3,(H2,12,17). The summed E-state index contributed by atoms with van der Waals surface area (Å²) >= 11 is 5.09. The van der Waals surface area contributed by atoms with Crippen LogP contribution in [0.1, 0.15) is 17.7 Å². The Labute approximate surface area is 106 Å². The van der Waals surface area contributed by atoms with Gasteiger partial charge in [-0.25, -0.2) is 0 Å². The van der Waals surface area contributed by atoms with Crippen molar-refractivity contribution in [1.29, 1.82) is 0 Å². The number of thiocarbonyl (C=S) groups is 1. The Hall–Kier alpha value is -1.14. The van der Waals surface area contributed by atoms with Crippen molar-refractivity contribution in [3.8, 4) is 0 Å². The van der Waals surface area contributed by atoms with Gasteiger partial charge in [0.15, 0.2) is 0 Å². The van der Waals surface area contributed by atoms with Crippen LogP contribution < -0.4 is 10.6 Å². The molecular weight excluding hydrogens is 236 g/mol. The lowest BCUT2D eigenvalue weighted by Gasteiger charge is -2.20. The van der Waals surface area contributed by atoms with Gasteiger partial charge in [-0.15, -0.1) is 0 Å². The summed E-state index contributed by atoms with van der Waals surface area (Å²) in [5.41, 5.74) is 7.49. The summed E-state index contributed by atoms with van der Waals surface area (Å²) in [6.07, 6.45) is 0.998. The summed E-state index contributed by atoms with van der Waals surface area (Å²) in [5.74, 6) is 1.32. The molecule has 1 aliphatic rings. The molecule has 1 fully saturated rings. The average molecular weight is 254 g/mol. The third-order valence-electron chi connectivity index (χ3n) is 3.28. The van der Waals surface area contributed by atoms with Crippen molar-refractivity contribution >= 4 is 23.0 Å². The van der Waals surface area contributed by atoms with E-state index in [9.17, 15) is 5.11 Å². The molecule has 1 aliphatic heterocycles. The van der Waals surface area contributed by atoms with Gasteiger partial charge >= 0.3 is 0 Å². The van der Waals surface area contributed by atoms with Crippen molar-refractivity contribution in [3.05, 3.63) is 11.3 Å². The number of hydrogen-bond donors (Lipinski definition) is 2. The smallest absolute Gasteiger partial charge is 0.137 e. The van der Waals surface area contributed by atoms with Crippen LogP contribution in [0.4, 0.5) is 5.82 Å². The molecule has 3 N–H and O–H groups in total. The third-order valence-corrected chi connectivity index (χ3v) is 3.49. The normalized spacial score (nSPS) is 19.9. The van der Waals surface area contributed by atoms with Crippen LogP contribution in [0.5, 0.6) is 0 Å². The molecule has 1 unspecified atom stereocenters. The molecule has 0 aliphatic carbocycles. The molecule has 1 atom stereocenters. The van der Waals surface area contributed by atoms with Crippen molar-refractivity contribution in [2.45, 2.75) is 13.3 Å². The molecule has 17 heavy (non-hydrogen) atoms. The highest BCUT2D eigenvalue weighted by atomic mass is 32.1. The van der Waals surface area contributed by atoms with E-state index in [1.165, 1.54) is 0 Å². The second-order valence-corrected chi connectivity index (χ2v) is 4.99. The van der Waals surface area contributed by atoms with Gasteiger partial charge in [0.2, 0.25) is 0 Å². The van der Waals surface area contributed by atoms with E-state index in [2.05, 4.69) is 10.00 Å². The molecule has 0 radical (unpaired) electrons. The van der Waals surface area contributed by atoms with Crippen LogP contribution in [0, 0.1) is 12.8 Å². The maximum Gasteiger partial charge on any atom is 0.137 e. The molecule has 1 aromatic rings. The van der Waals surface area contributed by atoms with E-state index in [1.54, 1.807) is 0 Å². The van der Waals surface area contributed by atoms with E-state index in [0.717, 1.165) is 36.6 Å². The van der Waals surface area contributed by atoms with E-state index < -0.39 is 0 Å². The lowest BCUT2D eigenvalue weighted by atomic mass is 10.1. The average Bonchev–Trinajstić information content (AvgIpc) is 2.81. The maximum atomic E-state index is 9.18. The number of anilines is 1. The van der Waals surface area contributed by atoms with Gasteiger partial charge in [0, 0.05) is 32.7 Å². The Bertz CT molecular complexity index is 443. The first kappa shape index (κ1) is 12.3. The zero-order valence-corrected chi connectivity index (χ0v) is 11.0. The maximum absolute atomic E-state index is 9.18. The Morgan fingerprint density at radius 2 is 2.35 bits per heavy atom. The zero-order valence-electron chi connectivity index (χ0n) is 10.2. The second kappa shape index (κ2) is 4.62. The highest BCUT2D eigenvalue weighted by Crippen LogP contribution is 2.28. The predicted octanol–water partition coefficient (Wildman–Crippen LogP) is 0.181. The number of hydrogen-bond acceptors (Lipinski definition) is 4. The van der Waals surface area contributed by atoms with Crippen LogP contribution >= 0.6 is 12.2 Å². The van der Waals surface area contributed by atoms with Crippen molar-refractivity contribution in [2.75, 3.05) is 24.6 Å². The molecular formula is C11H18N4OS. The molecule has 2 heterocycles. The zero-order chi connectivity index (χ0) is 12.6. The van der Waals surface area contributed by atoms with Crippen LogP contribution in [0.15, 0.2) is 0 Å². The fourth-order valence-electron chi connectivity index (χ4n) is 2.47. The van der Waals surface area contributed by atoms with Crippen LogP contribution in [0.25, 0.3) is 0 Å². The van der Waals surface area contributed by atoms with Crippen LogP contribution in [0.3, 0.4) is 0 Å². The van der Waals surface area contributed by atoms with Crippen LogP contribution in [-0.4, -0.2) is 39.6 Å². The van der Waals surface area contributed by atoms with Crippen molar-refractivity contribution in [1.82, 2.24) is 9.78 Å². The number of aliphatic hydroxyl groups excluding tert-OH is 1. The number of aromatic nitrogens is 2. The highest BCUT2D eigenvalue weighted by Gasteiger charge is 2.27. The Morgan fingerprint density at radius 1 is 1.65 bits per heavy atom. The number of aryl methyl sites for hydroxylation is 2. The number of aliphatic hydroxyl groups is 1. The number of nitrogens with two attached hydrogens (primary N) is 1. The fourth-order valence-corrected chi connectivity index (χ4v) is 2.71. The first-order valence-corrected chi connectivity index (χ1v) is 6.14. The van der Waals surface area contributed by atoms with E-state index in [1.807, 2.05) is 18.7 Å². The fraction of sp³-hybridized carbons (Fsp3) is 0.636.